The Morgan fingerprint density at radius 3 is 2.29 bits per heavy atom. The highest BCUT2D eigenvalue weighted by Gasteiger charge is 2.69. The fourth-order valence-electron chi connectivity index (χ4n) is 4.26. The van der Waals surface area contributed by atoms with Gasteiger partial charge in [0.05, 0.1) is 39.4 Å². The molecule has 6 nitrogen and oxygen atoms in total. The standard InChI is InChI=1S/C18H14ClF3N2O4/c1-16-10-11(17(2,28-16)13(25)12(16)19)15(27)24(14(10)26)8-4-3-7(6-23)9(5-8)18(20,21)22/h3-5,12-13,25-27H,1-2H3/t12-,13+,16?,17?/m1/s1. The lowest BCUT2D eigenvalue weighted by atomic mass is 9.78. The first-order valence-corrected chi connectivity index (χ1v) is 8.63. The van der Waals surface area contributed by atoms with E-state index in [-0.39, 0.29) is 16.8 Å². The highest BCUT2D eigenvalue weighted by Crippen LogP contribution is 2.65. The van der Waals surface area contributed by atoms with Crippen LogP contribution in [0.25, 0.3) is 5.69 Å². The Morgan fingerprint density at radius 1 is 1.18 bits per heavy atom. The Morgan fingerprint density at radius 2 is 1.75 bits per heavy atom. The molecule has 1 aromatic carbocycles. The number of ether oxygens (including phenoxy) is 1. The van der Waals surface area contributed by atoms with Crippen LogP contribution < -0.4 is 0 Å². The highest BCUT2D eigenvalue weighted by atomic mass is 35.5. The Labute approximate surface area is 162 Å². The van der Waals surface area contributed by atoms with Crippen LogP contribution in [0.4, 0.5) is 13.2 Å². The number of benzene rings is 1. The van der Waals surface area contributed by atoms with Gasteiger partial charge in [0.25, 0.3) is 0 Å². The van der Waals surface area contributed by atoms with Crippen LogP contribution >= 0.6 is 11.6 Å². The monoisotopic (exact) mass is 414 g/mol. The number of aromatic nitrogens is 1. The maximum absolute atomic E-state index is 13.3. The lowest BCUT2D eigenvalue weighted by Gasteiger charge is -2.29. The van der Waals surface area contributed by atoms with E-state index in [1.165, 1.54) is 26.0 Å². The molecule has 0 amide bonds. The molecule has 0 aliphatic carbocycles. The van der Waals surface area contributed by atoms with Crippen molar-refractivity contribution in [3.63, 3.8) is 0 Å². The van der Waals surface area contributed by atoms with Crippen molar-refractivity contribution in [1.29, 1.82) is 5.26 Å². The van der Waals surface area contributed by atoms with Gasteiger partial charge in [-0.2, -0.15) is 18.4 Å². The highest BCUT2D eigenvalue weighted by molar-refractivity contribution is 6.22. The third-order valence-corrected chi connectivity index (χ3v) is 6.25. The summed E-state index contributed by atoms with van der Waals surface area (Å²) in [4.78, 5) is 0. The second-order valence-corrected chi connectivity index (χ2v) is 7.71. The van der Waals surface area contributed by atoms with Gasteiger partial charge in [-0.3, -0.25) is 4.57 Å². The van der Waals surface area contributed by atoms with Gasteiger partial charge in [-0.1, -0.05) is 0 Å². The van der Waals surface area contributed by atoms with Crippen molar-refractivity contribution in [3.8, 4) is 23.5 Å². The van der Waals surface area contributed by atoms with E-state index in [2.05, 4.69) is 0 Å². The van der Waals surface area contributed by atoms with Crippen molar-refractivity contribution in [2.45, 2.75) is 42.7 Å². The van der Waals surface area contributed by atoms with E-state index in [9.17, 15) is 28.5 Å². The number of nitrogens with zero attached hydrogens (tertiary/aromatic N) is 2. The van der Waals surface area contributed by atoms with E-state index in [0.717, 1.165) is 10.6 Å². The maximum Gasteiger partial charge on any atom is 0.417 e. The minimum Gasteiger partial charge on any atom is -0.494 e. The first kappa shape index (κ1) is 18.9. The molecule has 1 aromatic heterocycles. The van der Waals surface area contributed by atoms with Crippen LogP contribution in [-0.2, 0) is 22.1 Å². The van der Waals surface area contributed by atoms with Crippen molar-refractivity contribution in [2.75, 3.05) is 0 Å². The normalized spacial score (nSPS) is 31.1. The third-order valence-electron chi connectivity index (χ3n) is 5.59. The third kappa shape index (κ3) is 2.05. The second kappa shape index (κ2) is 5.35. The summed E-state index contributed by atoms with van der Waals surface area (Å²) >= 11 is 6.26. The topological polar surface area (TPSA) is 98.6 Å². The number of hydrogen-bond donors (Lipinski definition) is 3. The molecule has 2 aliphatic heterocycles. The Hall–Kier alpha value is -2.41. The van der Waals surface area contributed by atoms with E-state index in [1.807, 2.05) is 0 Å². The smallest absolute Gasteiger partial charge is 0.417 e. The molecular weight excluding hydrogens is 401 g/mol. The van der Waals surface area contributed by atoms with Gasteiger partial charge in [0.2, 0.25) is 11.8 Å². The number of alkyl halides is 4. The van der Waals surface area contributed by atoms with Crippen LogP contribution in [0.2, 0.25) is 0 Å². The number of halogens is 4. The number of hydrogen-bond acceptors (Lipinski definition) is 5. The number of aliphatic hydroxyl groups excluding tert-OH is 1. The zero-order chi connectivity index (χ0) is 20.8. The second-order valence-electron chi connectivity index (χ2n) is 7.23. The average Bonchev–Trinajstić information content (AvgIpc) is 3.10. The average molecular weight is 415 g/mol. The van der Waals surface area contributed by atoms with Gasteiger partial charge >= 0.3 is 6.18 Å². The van der Waals surface area contributed by atoms with E-state index >= 15 is 0 Å². The van der Waals surface area contributed by atoms with Gasteiger partial charge in [-0.15, -0.1) is 11.6 Å². The Balaban J connectivity index is 1.99. The van der Waals surface area contributed by atoms with Crippen LogP contribution in [0.15, 0.2) is 18.2 Å². The molecule has 2 aliphatic rings. The molecule has 2 aromatic rings. The van der Waals surface area contributed by atoms with E-state index in [4.69, 9.17) is 21.6 Å². The molecule has 1 saturated heterocycles. The zero-order valence-corrected chi connectivity index (χ0v) is 15.3. The number of rotatable bonds is 1. The molecule has 0 radical (unpaired) electrons. The Kier molecular flexibility index (Phi) is 3.61. The van der Waals surface area contributed by atoms with Gasteiger partial charge in [0.15, 0.2) is 0 Å². The quantitative estimate of drug-likeness (QED) is 0.622. The summed E-state index contributed by atoms with van der Waals surface area (Å²) in [6.07, 6.45) is -6.01. The van der Waals surface area contributed by atoms with Crippen LogP contribution in [0.5, 0.6) is 11.8 Å². The minimum absolute atomic E-state index is 0.0646. The lowest BCUT2D eigenvalue weighted by Crippen LogP contribution is -2.41. The molecule has 0 spiro atoms. The van der Waals surface area contributed by atoms with Gasteiger partial charge in [0.1, 0.15) is 17.3 Å². The predicted molar refractivity (Wildman–Crippen MR) is 90.3 cm³/mol. The molecule has 2 unspecified atom stereocenters. The van der Waals surface area contributed by atoms with Gasteiger partial charge in [-0.05, 0) is 32.0 Å². The predicted octanol–water partition coefficient (Wildman–Crippen LogP) is 3.22. The number of nitriles is 1. The summed E-state index contributed by atoms with van der Waals surface area (Å²) in [6, 6.07) is 4.26. The van der Waals surface area contributed by atoms with Gasteiger partial charge < -0.3 is 20.1 Å². The van der Waals surface area contributed by atoms with Crippen LogP contribution in [0.1, 0.15) is 36.1 Å². The molecule has 1 fully saturated rings. The molecule has 28 heavy (non-hydrogen) atoms. The molecule has 4 rings (SSSR count). The molecule has 3 N–H and O–H groups in total. The summed E-state index contributed by atoms with van der Waals surface area (Å²) in [5.74, 6) is -1.12. The summed E-state index contributed by atoms with van der Waals surface area (Å²) < 4.78 is 46.5. The summed E-state index contributed by atoms with van der Waals surface area (Å²) in [5.41, 5.74) is -4.62. The fourth-order valence-corrected chi connectivity index (χ4v) is 4.66. The van der Waals surface area contributed by atoms with Crippen LogP contribution in [0, 0.1) is 11.3 Å². The fraction of sp³-hybridized carbons (Fsp3) is 0.389. The summed E-state index contributed by atoms with van der Waals surface area (Å²) in [7, 11) is 0. The van der Waals surface area contributed by atoms with Crippen LogP contribution in [-0.4, -0.2) is 31.4 Å². The summed E-state index contributed by atoms with van der Waals surface area (Å²) in [5, 5.41) is 39.9. The van der Waals surface area contributed by atoms with Crippen molar-refractivity contribution in [2.24, 2.45) is 0 Å². The van der Waals surface area contributed by atoms with Crippen molar-refractivity contribution in [1.82, 2.24) is 4.57 Å². The molecule has 148 valence electrons. The molecule has 4 atom stereocenters. The zero-order valence-electron chi connectivity index (χ0n) is 14.5. The van der Waals surface area contributed by atoms with Crippen LogP contribution in [0.3, 0.4) is 0 Å². The first-order chi connectivity index (χ1) is 12.9. The van der Waals surface area contributed by atoms with Crippen molar-refractivity contribution < 1.29 is 33.2 Å². The maximum atomic E-state index is 13.3. The van der Waals surface area contributed by atoms with E-state index < -0.39 is 51.7 Å². The van der Waals surface area contributed by atoms with E-state index in [0.29, 0.717) is 6.07 Å². The SMILES string of the molecule is CC12OC(C)(c3c1c(O)n(-c1ccc(C#N)c(C(F)(F)F)c1)c3O)[C@@H](O)[C@H]2Cl. The summed E-state index contributed by atoms with van der Waals surface area (Å²) in [6.45, 7) is 3.00. The Bertz CT molecular complexity index is 1020. The number of aromatic hydroxyl groups is 2. The van der Waals surface area contributed by atoms with Gasteiger partial charge in [0, 0.05) is 0 Å². The van der Waals surface area contributed by atoms with Crippen molar-refractivity contribution >= 4 is 11.6 Å². The van der Waals surface area contributed by atoms with Crippen molar-refractivity contribution in [3.05, 3.63) is 40.5 Å². The lowest BCUT2D eigenvalue weighted by molar-refractivity contribution is -0.137. The molecular formula is C18H14ClF3N2O4. The first-order valence-electron chi connectivity index (χ1n) is 8.19. The van der Waals surface area contributed by atoms with E-state index in [1.54, 1.807) is 0 Å². The number of aliphatic hydroxyl groups is 1. The van der Waals surface area contributed by atoms with Gasteiger partial charge in [-0.25, -0.2) is 0 Å². The molecule has 2 bridgehead atoms. The minimum atomic E-state index is -4.81. The number of fused-ring (bicyclic) bond motifs is 5. The molecule has 0 saturated carbocycles. The molecule has 10 heteroatoms. The molecule has 3 heterocycles. The largest absolute Gasteiger partial charge is 0.494 e.